The summed E-state index contributed by atoms with van der Waals surface area (Å²) in [5.74, 6) is -0.350. The molecule has 0 fully saturated rings. The molecule has 0 saturated carbocycles. The minimum Gasteiger partial charge on any atom is -0.497 e. The predicted octanol–water partition coefficient (Wildman–Crippen LogP) is 5.86. The topological polar surface area (TPSA) is 97.0 Å². The summed E-state index contributed by atoms with van der Waals surface area (Å²) >= 11 is 0. The number of hydrogen-bond acceptors (Lipinski definition) is 5. The normalized spacial score (nSPS) is 13.3. The lowest BCUT2D eigenvalue weighted by molar-refractivity contribution is -0.147. The van der Waals surface area contributed by atoms with Crippen molar-refractivity contribution < 1.29 is 23.9 Å². The highest BCUT2D eigenvalue weighted by Gasteiger charge is 2.42. The largest absolute Gasteiger partial charge is 0.497 e. The molecule has 2 unspecified atom stereocenters. The average molecular weight is 526 g/mol. The first-order chi connectivity index (χ1) is 17.5. The number of alkyl carbamates (subject to hydrolysis) is 1. The molecule has 0 spiro atoms. The van der Waals surface area contributed by atoms with E-state index in [4.69, 9.17) is 9.47 Å². The van der Waals surface area contributed by atoms with Gasteiger partial charge in [-0.1, -0.05) is 43.7 Å². The van der Waals surface area contributed by atoms with Gasteiger partial charge in [0.1, 0.15) is 23.4 Å². The Bertz CT molecular complexity index is 1100. The highest BCUT2D eigenvalue weighted by molar-refractivity contribution is 5.99. The number of carbonyl (C=O) groups excluding carboxylic acids is 3. The van der Waals surface area contributed by atoms with Gasteiger partial charge in [0.25, 0.3) is 5.91 Å². The molecule has 2 aromatic carbocycles. The first kappa shape index (κ1) is 30.7. The maximum atomic E-state index is 14.2. The lowest BCUT2D eigenvalue weighted by Gasteiger charge is -2.43. The third-order valence-corrected chi connectivity index (χ3v) is 5.82. The molecule has 2 rings (SSSR count). The summed E-state index contributed by atoms with van der Waals surface area (Å²) in [4.78, 5) is 42.3. The van der Waals surface area contributed by atoms with E-state index in [0.29, 0.717) is 17.0 Å². The van der Waals surface area contributed by atoms with E-state index >= 15 is 0 Å². The molecule has 0 aliphatic heterocycles. The van der Waals surface area contributed by atoms with Crippen LogP contribution in [0.25, 0.3) is 0 Å². The Hall–Kier alpha value is -3.55. The van der Waals surface area contributed by atoms with Crippen molar-refractivity contribution in [1.82, 2.24) is 10.2 Å². The molecule has 8 nitrogen and oxygen atoms in total. The fraction of sp³-hybridized carbons (Fsp3) is 0.500. The van der Waals surface area contributed by atoms with Crippen molar-refractivity contribution >= 4 is 23.6 Å². The summed E-state index contributed by atoms with van der Waals surface area (Å²) in [6, 6.07) is 12.6. The number of anilines is 1. The molecule has 0 aromatic heterocycles. The standard InChI is InChI=1S/C30H43N3O5/c1-19(2)24(32-28(36)38-30(7,8)9)27(35)33(29(4,5)6)25(21-13-11-20(3)12-14-21)26(34)31-22-15-17-23(37-10)18-16-22/h11-19,24-25H,1-10H3,(H,31,34)(H,32,36). The number of nitrogens with zero attached hydrogens (tertiary/aromatic N) is 1. The lowest BCUT2D eigenvalue weighted by Crippen LogP contribution is -2.59. The Morgan fingerprint density at radius 2 is 1.42 bits per heavy atom. The van der Waals surface area contributed by atoms with E-state index in [0.717, 1.165) is 5.56 Å². The molecule has 208 valence electrons. The highest BCUT2D eigenvalue weighted by atomic mass is 16.6. The minimum atomic E-state index is -0.966. The summed E-state index contributed by atoms with van der Waals surface area (Å²) in [7, 11) is 1.57. The van der Waals surface area contributed by atoms with Gasteiger partial charge in [-0.15, -0.1) is 0 Å². The van der Waals surface area contributed by atoms with E-state index in [-0.39, 0.29) is 17.7 Å². The first-order valence-corrected chi connectivity index (χ1v) is 12.9. The van der Waals surface area contributed by atoms with Crippen LogP contribution in [0.5, 0.6) is 5.75 Å². The lowest BCUT2D eigenvalue weighted by atomic mass is 9.92. The van der Waals surface area contributed by atoms with Crippen LogP contribution in [0.3, 0.4) is 0 Å². The zero-order valence-electron chi connectivity index (χ0n) is 24.3. The molecule has 2 N–H and O–H groups in total. The van der Waals surface area contributed by atoms with Crippen LogP contribution < -0.4 is 15.4 Å². The molecule has 0 heterocycles. The second kappa shape index (κ2) is 12.3. The smallest absolute Gasteiger partial charge is 0.408 e. The third-order valence-electron chi connectivity index (χ3n) is 5.82. The Balaban J connectivity index is 2.54. The number of ether oxygens (including phenoxy) is 2. The van der Waals surface area contributed by atoms with Crippen LogP contribution in [0, 0.1) is 12.8 Å². The highest BCUT2D eigenvalue weighted by Crippen LogP contribution is 2.32. The van der Waals surface area contributed by atoms with Crippen LogP contribution in [0.4, 0.5) is 10.5 Å². The summed E-state index contributed by atoms with van der Waals surface area (Å²) in [6.07, 6.45) is -0.687. The van der Waals surface area contributed by atoms with E-state index in [2.05, 4.69) is 10.6 Å². The molecule has 8 heteroatoms. The second-order valence-electron chi connectivity index (χ2n) is 11.8. The van der Waals surface area contributed by atoms with E-state index in [1.165, 1.54) is 0 Å². The summed E-state index contributed by atoms with van der Waals surface area (Å²) in [6.45, 7) is 16.6. The van der Waals surface area contributed by atoms with Gasteiger partial charge in [0.15, 0.2) is 0 Å². The Morgan fingerprint density at radius 3 is 1.87 bits per heavy atom. The number of benzene rings is 2. The molecule has 0 aliphatic rings. The van der Waals surface area contributed by atoms with E-state index in [9.17, 15) is 14.4 Å². The van der Waals surface area contributed by atoms with Crippen molar-refractivity contribution in [3.05, 3.63) is 59.7 Å². The quantitative estimate of drug-likeness (QED) is 0.450. The number of amides is 3. The molecule has 0 bridgehead atoms. The number of hydrogen-bond donors (Lipinski definition) is 2. The first-order valence-electron chi connectivity index (χ1n) is 12.9. The molecule has 3 amide bonds. The maximum absolute atomic E-state index is 14.2. The van der Waals surface area contributed by atoms with Crippen LogP contribution in [-0.2, 0) is 14.3 Å². The van der Waals surface area contributed by atoms with Crippen LogP contribution >= 0.6 is 0 Å². The second-order valence-corrected chi connectivity index (χ2v) is 11.8. The molecule has 38 heavy (non-hydrogen) atoms. The zero-order chi connectivity index (χ0) is 28.8. The van der Waals surface area contributed by atoms with Crippen LogP contribution in [0.15, 0.2) is 48.5 Å². The van der Waals surface area contributed by atoms with Gasteiger partial charge in [0, 0.05) is 11.2 Å². The van der Waals surface area contributed by atoms with Crippen molar-refractivity contribution in [3.63, 3.8) is 0 Å². The van der Waals surface area contributed by atoms with Crippen LogP contribution in [0.2, 0.25) is 0 Å². The fourth-order valence-corrected chi connectivity index (χ4v) is 3.99. The Kier molecular flexibility index (Phi) is 9.95. The van der Waals surface area contributed by atoms with Crippen LogP contribution in [0.1, 0.15) is 72.6 Å². The summed E-state index contributed by atoms with van der Waals surface area (Å²) in [5, 5.41) is 5.70. The number of carbonyl (C=O) groups is 3. The van der Waals surface area contributed by atoms with Crippen molar-refractivity contribution in [1.29, 1.82) is 0 Å². The van der Waals surface area contributed by atoms with E-state index in [1.54, 1.807) is 57.0 Å². The molecule has 0 aliphatic carbocycles. The number of methoxy groups -OCH3 is 1. The van der Waals surface area contributed by atoms with Gasteiger partial charge in [-0.25, -0.2) is 4.79 Å². The van der Waals surface area contributed by atoms with E-state index < -0.39 is 29.3 Å². The number of aryl methyl sites for hydroxylation is 1. The van der Waals surface area contributed by atoms with Crippen molar-refractivity contribution in [2.24, 2.45) is 5.92 Å². The Labute approximate surface area is 227 Å². The van der Waals surface area contributed by atoms with Crippen molar-refractivity contribution in [2.45, 2.75) is 85.5 Å². The average Bonchev–Trinajstić information content (AvgIpc) is 2.79. The molecular formula is C30H43N3O5. The van der Waals surface area contributed by atoms with Gasteiger partial charge in [-0.2, -0.15) is 0 Å². The molecule has 2 aromatic rings. The van der Waals surface area contributed by atoms with Crippen LogP contribution in [-0.4, -0.2) is 47.1 Å². The molecule has 0 saturated heterocycles. The van der Waals surface area contributed by atoms with Gasteiger partial charge in [0.05, 0.1) is 7.11 Å². The van der Waals surface area contributed by atoms with E-state index in [1.807, 2.05) is 65.8 Å². The van der Waals surface area contributed by atoms with Crippen molar-refractivity contribution in [2.75, 3.05) is 12.4 Å². The Morgan fingerprint density at radius 1 is 0.868 bits per heavy atom. The van der Waals surface area contributed by atoms with Crippen molar-refractivity contribution in [3.8, 4) is 5.75 Å². The third kappa shape index (κ3) is 8.50. The zero-order valence-corrected chi connectivity index (χ0v) is 24.3. The number of rotatable bonds is 8. The van der Waals surface area contributed by atoms with Gasteiger partial charge in [-0.3, -0.25) is 9.59 Å². The number of nitrogens with one attached hydrogen (secondary N) is 2. The SMILES string of the molecule is COc1ccc(NC(=O)C(c2ccc(C)cc2)N(C(=O)C(NC(=O)OC(C)(C)C)C(C)C)C(C)(C)C)cc1. The van der Waals surface area contributed by atoms with Gasteiger partial charge in [0.2, 0.25) is 5.91 Å². The molecule has 2 atom stereocenters. The summed E-state index contributed by atoms with van der Waals surface area (Å²) < 4.78 is 10.6. The predicted molar refractivity (Wildman–Crippen MR) is 150 cm³/mol. The monoisotopic (exact) mass is 525 g/mol. The maximum Gasteiger partial charge on any atom is 0.408 e. The molecular weight excluding hydrogens is 482 g/mol. The molecule has 0 radical (unpaired) electrons. The van der Waals surface area contributed by atoms with Gasteiger partial charge >= 0.3 is 6.09 Å². The minimum absolute atomic E-state index is 0.261. The van der Waals surface area contributed by atoms with Gasteiger partial charge < -0.3 is 25.0 Å². The fourth-order valence-electron chi connectivity index (χ4n) is 3.99. The summed E-state index contributed by atoms with van der Waals surface area (Å²) in [5.41, 5.74) is 0.766. The van der Waals surface area contributed by atoms with Gasteiger partial charge in [-0.05, 0) is 84.2 Å².